The maximum Gasteiger partial charge on any atom is 0.407 e. The van der Waals surface area contributed by atoms with Gasteiger partial charge in [-0.25, -0.2) is 9.78 Å². The molecule has 0 bridgehead atoms. The average Bonchev–Trinajstić information content (AvgIpc) is 3.12. The summed E-state index contributed by atoms with van der Waals surface area (Å²) >= 11 is 1.65. The lowest BCUT2D eigenvalue weighted by Crippen LogP contribution is -2.51. The van der Waals surface area contributed by atoms with Crippen LogP contribution < -0.4 is 16.0 Å². The first kappa shape index (κ1) is 21.3. The molecule has 9 heteroatoms. The molecule has 1 unspecified atom stereocenters. The quantitative estimate of drug-likeness (QED) is 0.566. The lowest BCUT2D eigenvalue weighted by atomic mass is 10.1. The number of thiazole rings is 1. The fourth-order valence-corrected chi connectivity index (χ4v) is 3.53. The second-order valence-electron chi connectivity index (χ2n) is 7.62. The van der Waals surface area contributed by atoms with Crippen LogP contribution >= 0.6 is 11.3 Å². The Balaban J connectivity index is 1.83. The van der Waals surface area contributed by atoms with Gasteiger partial charge < -0.3 is 25.6 Å². The fourth-order valence-electron chi connectivity index (χ4n) is 2.83. The monoisotopic (exact) mass is 396 g/mol. The molecule has 152 valence electrons. The van der Waals surface area contributed by atoms with Gasteiger partial charge >= 0.3 is 6.09 Å². The zero-order valence-corrected chi connectivity index (χ0v) is 17.6. The first-order valence-corrected chi connectivity index (χ1v) is 10.3. The first-order valence-electron chi connectivity index (χ1n) is 9.47. The minimum absolute atomic E-state index is 0.0833. The number of nitrogens with one attached hydrogen (secondary N) is 1. The van der Waals surface area contributed by atoms with Crippen molar-refractivity contribution >= 4 is 28.5 Å². The van der Waals surface area contributed by atoms with Crippen LogP contribution in [0, 0.1) is 0 Å². The SMILES string of the molecule is CCCC(CN=C(N)N1CCN(c2nccs2)CC1)NC(=O)OC(C)(C)C. The first-order chi connectivity index (χ1) is 12.8. The normalized spacial score (nSPS) is 17.0. The average molecular weight is 397 g/mol. The maximum absolute atomic E-state index is 12.0. The van der Waals surface area contributed by atoms with Gasteiger partial charge in [-0.3, -0.25) is 4.99 Å². The highest BCUT2D eigenvalue weighted by Crippen LogP contribution is 2.18. The van der Waals surface area contributed by atoms with Crippen LogP contribution in [0.2, 0.25) is 0 Å². The number of hydrogen-bond acceptors (Lipinski definition) is 6. The molecule has 1 saturated heterocycles. The van der Waals surface area contributed by atoms with E-state index in [4.69, 9.17) is 10.5 Å². The van der Waals surface area contributed by atoms with Crippen molar-refractivity contribution in [1.29, 1.82) is 0 Å². The van der Waals surface area contributed by atoms with Gasteiger partial charge in [0.05, 0.1) is 12.6 Å². The molecule has 1 aliphatic rings. The number of aromatic nitrogens is 1. The van der Waals surface area contributed by atoms with Crippen LogP contribution in [0.5, 0.6) is 0 Å². The van der Waals surface area contributed by atoms with Gasteiger partial charge in [-0.15, -0.1) is 11.3 Å². The topological polar surface area (TPSA) is 96.1 Å². The van der Waals surface area contributed by atoms with Crippen molar-refractivity contribution < 1.29 is 9.53 Å². The molecule has 2 heterocycles. The maximum atomic E-state index is 12.0. The number of alkyl carbamates (subject to hydrolysis) is 1. The van der Waals surface area contributed by atoms with Gasteiger partial charge in [0, 0.05) is 37.8 Å². The summed E-state index contributed by atoms with van der Waals surface area (Å²) in [5, 5.41) is 5.94. The highest BCUT2D eigenvalue weighted by Gasteiger charge is 2.21. The van der Waals surface area contributed by atoms with Crippen LogP contribution in [-0.4, -0.2) is 66.3 Å². The molecule has 8 nitrogen and oxygen atoms in total. The Labute approximate surface area is 165 Å². The number of nitrogens with two attached hydrogens (primary N) is 1. The van der Waals surface area contributed by atoms with Gasteiger partial charge in [-0.2, -0.15) is 0 Å². The molecule has 0 saturated carbocycles. The molecule has 27 heavy (non-hydrogen) atoms. The summed E-state index contributed by atoms with van der Waals surface area (Å²) < 4.78 is 5.33. The van der Waals surface area contributed by atoms with E-state index >= 15 is 0 Å². The van der Waals surface area contributed by atoms with E-state index in [9.17, 15) is 4.79 Å². The molecule has 2 rings (SSSR count). The van der Waals surface area contributed by atoms with E-state index in [1.54, 1.807) is 11.3 Å². The molecule has 1 aliphatic heterocycles. The number of rotatable bonds is 6. The largest absolute Gasteiger partial charge is 0.444 e. The van der Waals surface area contributed by atoms with Gasteiger partial charge in [-0.05, 0) is 27.2 Å². The number of piperazine rings is 1. The van der Waals surface area contributed by atoms with Crippen molar-refractivity contribution in [2.45, 2.75) is 52.2 Å². The van der Waals surface area contributed by atoms with Crippen LogP contribution in [0.4, 0.5) is 9.93 Å². The summed E-state index contributed by atoms with van der Waals surface area (Å²) in [4.78, 5) is 25.2. The summed E-state index contributed by atoms with van der Waals surface area (Å²) in [6.45, 7) is 11.4. The number of amides is 1. The molecule has 0 radical (unpaired) electrons. The van der Waals surface area contributed by atoms with Crippen LogP contribution in [0.3, 0.4) is 0 Å². The third-order valence-corrected chi connectivity index (χ3v) is 4.96. The standard InChI is InChI=1S/C18H32N6O2S/c1-5-6-14(22-17(25)26-18(2,3)4)13-21-15(19)23-8-10-24(11-9-23)16-20-7-12-27-16/h7,12,14H,5-6,8-11,13H2,1-4H3,(H2,19,21)(H,22,25). The molecule has 3 N–H and O–H groups in total. The van der Waals surface area contributed by atoms with Crippen molar-refractivity contribution in [3.05, 3.63) is 11.6 Å². The number of guanidine groups is 1. The van der Waals surface area contributed by atoms with E-state index in [1.165, 1.54) is 0 Å². The van der Waals surface area contributed by atoms with E-state index in [0.717, 1.165) is 44.2 Å². The van der Waals surface area contributed by atoms with Crippen molar-refractivity contribution in [2.24, 2.45) is 10.7 Å². The third-order valence-electron chi connectivity index (χ3n) is 4.13. The molecule has 1 atom stereocenters. The van der Waals surface area contributed by atoms with Crippen molar-refractivity contribution in [2.75, 3.05) is 37.6 Å². The third kappa shape index (κ3) is 7.24. The predicted molar refractivity (Wildman–Crippen MR) is 110 cm³/mol. The highest BCUT2D eigenvalue weighted by molar-refractivity contribution is 7.13. The Hall–Kier alpha value is -2.03. The number of aliphatic imine (C=N–C) groups is 1. The second kappa shape index (κ2) is 9.77. The number of carbonyl (C=O) groups excluding carboxylic acids is 1. The summed E-state index contributed by atoms with van der Waals surface area (Å²) in [7, 11) is 0. The lowest BCUT2D eigenvalue weighted by Gasteiger charge is -2.35. The van der Waals surface area contributed by atoms with Gasteiger partial charge in [-0.1, -0.05) is 13.3 Å². The zero-order chi connectivity index (χ0) is 19.9. The lowest BCUT2D eigenvalue weighted by molar-refractivity contribution is 0.0503. The second-order valence-corrected chi connectivity index (χ2v) is 8.49. The number of ether oxygens (including phenoxy) is 1. The summed E-state index contributed by atoms with van der Waals surface area (Å²) in [5.41, 5.74) is 5.68. The Morgan fingerprint density at radius 3 is 2.67 bits per heavy atom. The molecule has 0 spiro atoms. The number of carbonyl (C=O) groups is 1. The number of nitrogens with zero attached hydrogens (tertiary/aromatic N) is 4. The summed E-state index contributed by atoms with van der Waals surface area (Å²) in [6.07, 6.45) is 3.19. The Bertz CT molecular complexity index is 606. The van der Waals surface area contributed by atoms with Crippen molar-refractivity contribution in [1.82, 2.24) is 15.2 Å². The van der Waals surface area contributed by atoms with Gasteiger partial charge in [0.25, 0.3) is 0 Å². The van der Waals surface area contributed by atoms with E-state index in [2.05, 4.69) is 32.0 Å². The smallest absolute Gasteiger partial charge is 0.407 e. The van der Waals surface area contributed by atoms with Crippen LogP contribution in [-0.2, 0) is 4.74 Å². The number of hydrogen-bond donors (Lipinski definition) is 2. The molecule has 1 aromatic rings. The Kier molecular flexibility index (Phi) is 7.70. The molecular weight excluding hydrogens is 364 g/mol. The van der Waals surface area contributed by atoms with Crippen molar-refractivity contribution in [3.63, 3.8) is 0 Å². The molecule has 1 amide bonds. The Morgan fingerprint density at radius 2 is 2.11 bits per heavy atom. The molecule has 1 fully saturated rings. The van der Waals surface area contributed by atoms with E-state index in [1.807, 2.05) is 32.3 Å². The minimum Gasteiger partial charge on any atom is -0.444 e. The minimum atomic E-state index is -0.514. The number of anilines is 1. The van der Waals surface area contributed by atoms with E-state index in [-0.39, 0.29) is 6.04 Å². The van der Waals surface area contributed by atoms with Crippen LogP contribution in [0.1, 0.15) is 40.5 Å². The predicted octanol–water partition coefficient (Wildman–Crippen LogP) is 2.27. The summed E-state index contributed by atoms with van der Waals surface area (Å²) in [5.74, 6) is 0.529. The fraction of sp³-hybridized carbons (Fsp3) is 0.722. The molecule has 1 aromatic heterocycles. The van der Waals surface area contributed by atoms with Crippen LogP contribution in [0.15, 0.2) is 16.6 Å². The zero-order valence-electron chi connectivity index (χ0n) is 16.8. The molecular formula is C18H32N6O2S. The molecule has 0 aliphatic carbocycles. The highest BCUT2D eigenvalue weighted by atomic mass is 32.1. The molecule has 0 aromatic carbocycles. The van der Waals surface area contributed by atoms with E-state index < -0.39 is 11.7 Å². The van der Waals surface area contributed by atoms with E-state index in [0.29, 0.717) is 12.5 Å². The van der Waals surface area contributed by atoms with Gasteiger partial charge in [0.15, 0.2) is 11.1 Å². The van der Waals surface area contributed by atoms with Crippen molar-refractivity contribution in [3.8, 4) is 0 Å². The van der Waals surface area contributed by atoms with Gasteiger partial charge in [0.2, 0.25) is 0 Å². The van der Waals surface area contributed by atoms with Crippen LogP contribution in [0.25, 0.3) is 0 Å². The van der Waals surface area contributed by atoms with Gasteiger partial charge in [0.1, 0.15) is 5.60 Å². The Morgan fingerprint density at radius 1 is 1.41 bits per heavy atom. The summed E-state index contributed by atoms with van der Waals surface area (Å²) in [6, 6.07) is -0.0833.